The van der Waals surface area contributed by atoms with Gasteiger partial charge in [-0.1, -0.05) is 424 Å². The molecule has 0 radical (unpaired) electrons. The summed E-state index contributed by atoms with van der Waals surface area (Å²) in [5.74, 6) is -0.00695. The van der Waals surface area contributed by atoms with Crippen LogP contribution in [-0.2, 0) is 14.3 Å². The first-order chi connectivity index (χ1) is 43.5. The number of carbonyl (C=O) groups is 2. The Balaban J connectivity index is 3.29. The van der Waals surface area contributed by atoms with Gasteiger partial charge in [0.15, 0.2) is 0 Å². The number of hydrogen-bond donors (Lipinski definition) is 3. The van der Waals surface area contributed by atoms with E-state index < -0.39 is 12.1 Å². The number of esters is 1. The van der Waals surface area contributed by atoms with Gasteiger partial charge in [0, 0.05) is 12.8 Å². The number of hydrogen-bond acceptors (Lipinski definition) is 5. The molecule has 524 valence electrons. The molecule has 0 aliphatic carbocycles. The van der Waals surface area contributed by atoms with E-state index in [2.05, 4.69) is 31.3 Å². The van der Waals surface area contributed by atoms with Gasteiger partial charge in [0.1, 0.15) is 0 Å². The highest BCUT2D eigenvalue weighted by Gasteiger charge is 2.20. The second-order valence-electron chi connectivity index (χ2n) is 28.5. The van der Waals surface area contributed by atoms with E-state index >= 15 is 0 Å². The Morgan fingerprint density at radius 1 is 0.307 bits per heavy atom. The third-order valence-corrected chi connectivity index (χ3v) is 19.6. The molecule has 0 fully saturated rings. The SMILES string of the molecule is CCCCCCCCC/C=C\CCCCCCCC(=O)OCCCCCCCCCCCCCCCCCCCCCCCCCCCCCCCCCCCCCCCC(=O)NC(CO)C(O)CCCCCCCCCCCCCCCCCCCC. The van der Waals surface area contributed by atoms with E-state index in [1.54, 1.807) is 0 Å². The third kappa shape index (κ3) is 73.6. The summed E-state index contributed by atoms with van der Waals surface area (Å²) < 4.78 is 5.51. The molecule has 0 heterocycles. The molecule has 0 aromatic heterocycles. The lowest BCUT2D eigenvalue weighted by atomic mass is 10.0. The number of aliphatic hydroxyl groups excluding tert-OH is 2. The summed E-state index contributed by atoms with van der Waals surface area (Å²) in [7, 11) is 0. The van der Waals surface area contributed by atoms with E-state index in [0.717, 1.165) is 44.9 Å². The molecule has 2 atom stereocenters. The summed E-state index contributed by atoms with van der Waals surface area (Å²) in [4.78, 5) is 24.6. The van der Waals surface area contributed by atoms with Gasteiger partial charge in [0.05, 0.1) is 25.4 Å². The van der Waals surface area contributed by atoms with Gasteiger partial charge in [-0.05, 0) is 51.4 Å². The molecule has 0 saturated heterocycles. The zero-order valence-corrected chi connectivity index (χ0v) is 60.3. The largest absolute Gasteiger partial charge is 0.466 e. The number of ether oxygens (including phenoxy) is 1. The molecular weight excluding hydrogens is 1080 g/mol. The molecular formula is C82H161NO5. The highest BCUT2D eigenvalue weighted by Crippen LogP contribution is 2.21. The van der Waals surface area contributed by atoms with E-state index in [9.17, 15) is 19.8 Å². The van der Waals surface area contributed by atoms with Crippen molar-refractivity contribution in [3.05, 3.63) is 12.2 Å². The lowest BCUT2D eigenvalue weighted by molar-refractivity contribution is -0.143. The van der Waals surface area contributed by atoms with Crippen LogP contribution in [0.25, 0.3) is 0 Å². The molecule has 6 nitrogen and oxygen atoms in total. The van der Waals surface area contributed by atoms with Gasteiger partial charge in [-0.2, -0.15) is 0 Å². The van der Waals surface area contributed by atoms with Gasteiger partial charge in [-0.25, -0.2) is 0 Å². The van der Waals surface area contributed by atoms with Crippen LogP contribution in [0.3, 0.4) is 0 Å². The summed E-state index contributed by atoms with van der Waals surface area (Å²) in [6, 6.07) is -0.537. The first kappa shape index (κ1) is 86.6. The van der Waals surface area contributed by atoms with Gasteiger partial charge in [-0.15, -0.1) is 0 Å². The van der Waals surface area contributed by atoms with Crippen LogP contribution in [0.1, 0.15) is 476 Å². The molecule has 2 unspecified atom stereocenters. The lowest BCUT2D eigenvalue weighted by Crippen LogP contribution is -2.45. The minimum absolute atomic E-state index is 0.0172. The van der Waals surface area contributed by atoms with Crippen molar-refractivity contribution in [3.63, 3.8) is 0 Å². The van der Waals surface area contributed by atoms with Crippen molar-refractivity contribution in [2.24, 2.45) is 0 Å². The topological polar surface area (TPSA) is 95.9 Å². The minimum atomic E-state index is -0.660. The standard InChI is InChI=1S/C82H161NO5/c1-3-5-7-9-11-13-15-17-19-21-43-46-50-54-58-62-66-70-74-80(85)79(78-84)83-81(86)75-71-67-63-59-55-51-47-44-41-39-37-35-33-31-29-27-25-23-22-24-26-28-30-32-34-36-38-40-42-45-49-53-57-61-65-69-73-77-88-82(87)76-72-68-64-60-56-52-48-20-18-16-14-12-10-8-6-4-2/h20,48,79-80,84-85H,3-19,21-47,49-78H2,1-2H3,(H,83,86)/b48-20-. The normalized spacial score (nSPS) is 12.5. The van der Waals surface area contributed by atoms with Crippen LogP contribution in [0.2, 0.25) is 0 Å². The predicted molar refractivity (Wildman–Crippen MR) is 389 cm³/mol. The predicted octanol–water partition coefficient (Wildman–Crippen LogP) is 27.1. The molecule has 3 N–H and O–H groups in total. The van der Waals surface area contributed by atoms with Crippen LogP contribution in [0.5, 0.6) is 0 Å². The van der Waals surface area contributed by atoms with Crippen molar-refractivity contribution in [2.45, 2.75) is 488 Å². The van der Waals surface area contributed by atoms with Crippen LogP contribution >= 0.6 is 0 Å². The molecule has 0 aromatic carbocycles. The van der Waals surface area contributed by atoms with Crippen molar-refractivity contribution in [2.75, 3.05) is 13.2 Å². The smallest absolute Gasteiger partial charge is 0.305 e. The molecule has 0 saturated carbocycles. The Kier molecular flexibility index (Phi) is 76.8. The van der Waals surface area contributed by atoms with E-state index in [0.29, 0.717) is 25.9 Å². The fourth-order valence-electron chi connectivity index (χ4n) is 13.3. The number of rotatable bonds is 78. The van der Waals surface area contributed by atoms with Crippen molar-refractivity contribution >= 4 is 11.9 Å². The summed E-state index contributed by atoms with van der Waals surface area (Å²) in [5, 5.41) is 23.4. The number of nitrogens with one attached hydrogen (secondary N) is 1. The zero-order chi connectivity index (χ0) is 63.5. The van der Waals surface area contributed by atoms with Crippen molar-refractivity contribution in [1.29, 1.82) is 0 Å². The second kappa shape index (κ2) is 78.0. The van der Waals surface area contributed by atoms with Crippen LogP contribution in [0.15, 0.2) is 12.2 Å². The maximum absolute atomic E-state index is 12.6. The molecule has 0 aliphatic rings. The lowest BCUT2D eigenvalue weighted by Gasteiger charge is -2.22. The number of unbranched alkanes of at least 4 members (excludes halogenated alkanes) is 65. The van der Waals surface area contributed by atoms with Crippen molar-refractivity contribution < 1.29 is 24.5 Å². The van der Waals surface area contributed by atoms with Gasteiger partial charge in [-0.3, -0.25) is 9.59 Å². The van der Waals surface area contributed by atoms with Crippen molar-refractivity contribution in [1.82, 2.24) is 5.32 Å². The molecule has 1 amide bonds. The highest BCUT2D eigenvalue weighted by atomic mass is 16.5. The third-order valence-electron chi connectivity index (χ3n) is 19.6. The van der Waals surface area contributed by atoms with Crippen LogP contribution < -0.4 is 5.32 Å². The van der Waals surface area contributed by atoms with E-state index in [-0.39, 0.29) is 18.5 Å². The molecule has 0 spiro atoms. The Morgan fingerprint density at radius 3 is 0.807 bits per heavy atom. The Bertz CT molecular complexity index is 1340. The maximum atomic E-state index is 12.6. The quantitative estimate of drug-likeness (QED) is 0.0320. The van der Waals surface area contributed by atoms with E-state index in [1.807, 2.05) is 0 Å². The minimum Gasteiger partial charge on any atom is -0.466 e. The van der Waals surface area contributed by atoms with Gasteiger partial charge in [0.2, 0.25) is 5.91 Å². The van der Waals surface area contributed by atoms with Crippen LogP contribution in [0, 0.1) is 0 Å². The van der Waals surface area contributed by atoms with E-state index in [4.69, 9.17) is 4.74 Å². The molecule has 88 heavy (non-hydrogen) atoms. The fourth-order valence-corrected chi connectivity index (χ4v) is 13.3. The Morgan fingerprint density at radius 2 is 0.534 bits per heavy atom. The summed E-state index contributed by atoms with van der Waals surface area (Å²) >= 11 is 0. The monoisotopic (exact) mass is 1240 g/mol. The molecule has 0 bridgehead atoms. The first-order valence-electron chi connectivity index (χ1n) is 40.9. The second-order valence-corrected chi connectivity index (χ2v) is 28.5. The number of amides is 1. The highest BCUT2D eigenvalue weighted by molar-refractivity contribution is 5.76. The maximum Gasteiger partial charge on any atom is 0.305 e. The molecule has 0 aliphatic heterocycles. The van der Waals surface area contributed by atoms with E-state index in [1.165, 1.54) is 398 Å². The zero-order valence-electron chi connectivity index (χ0n) is 60.3. The van der Waals surface area contributed by atoms with Gasteiger partial charge >= 0.3 is 5.97 Å². The average molecular weight is 1240 g/mol. The molecule has 0 rings (SSSR count). The van der Waals surface area contributed by atoms with Crippen LogP contribution in [-0.4, -0.2) is 47.4 Å². The Labute approximate surface area is 552 Å². The van der Waals surface area contributed by atoms with Gasteiger partial charge in [0.25, 0.3) is 0 Å². The molecule has 0 aromatic rings. The summed E-state index contributed by atoms with van der Waals surface area (Å²) in [6.45, 7) is 5.00. The molecule has 6 heteroatoms. The average Bonchev–Trinajstić information content (AvgIpc) is 3.58. The number of aliphatic hydroxyl groups is 2. The fraction of sp³-hybridized carbons (Fsp3) is 0.951. The summed E-state index contributed by atoms with van der Waals surface area (Å²) in [5.41, 5.74) is 0. The number of carbonyl (C=O) groups excluding carboxylic acids is 2. The van der Waals surface area contributed by atoms with Crippen LogP contribution in [0.4, 0.5) is 0 Å². The summed E-state index contributed by atoms with van der Waals surface area (Å²) in [6.07, 6.45) is 99.0. The Hall–Kier alpha value is -1.40. The first-order valence-corrected chi connectivity index (χ1v) is 40.9. The van der Waals surface area contributed by atoms with Gasteiger partial charge < -0.3 is 20.3 Å². The van der Waals surface area contributed by atoms with Crippen molar-refractivity contribution in [3.8, 4) is 0 Å². The number of allylic oxidation sites excluding steroid dienone is 2.